The molecule has 3 aromatic carbocycles. The second kappa shape index (κ2) is 9.51. The van der Waals surface area contributed by atoms with Gasteiger partial charge in [-0.1, -0.05) is 91.0 Å². The highest BCUT2D eigenvalue weighted by Crippen LogP contribution is 2.14. The number of hydrogen-bond donors (Lipinski definition) is 2. The van der Waals surface area contributed by atoms with Crippen LogP contribution in [-0.2, 0) is 6.42 Å². The van der Waals surface area contributed by atoms with Crippen molar-refractivity contribution in [1.82, 2.24) is 5.32 Å². The van der Waals surface area contributed by atoms with Crippen molar-refractivity contribution in [2.45, 2.75) is 12.5 Å². The van der Waals surface area contributed by atoms with E-state index in [-0.39, 0.29) is 18.6 Å². The molecule has 3 heteroatoms. The summed E-state index contributed by atoms with van der Waals surface area (Å²) in [5.41, 5.74) is 3.59. The molecule has 3 aromatic rings. The van der Waals surface area contributed by atoms with E-state index >= 15 is 0 Å². The van der Waals surface area contributed by atoms with Gasteiger partial charge in [0.1, 0.15) is 0 Å². The normalized spacial score (nSPS) is 12.0. The summed E-state index contributed by atoms with van der Waals surface area (Å²) in [7, 11) is 0. The van der Waals surface area contributed by atoms with Crippen LogP contribution in [0.2, 0.25) is 0 Å². The number of nitrogens with one attached hydrogen (secondary N) is 1. The Hall–Kier alpha value is -3.17. The molecule has 0 aliphatic heterocycles. The fourth-order valence-electron chi connectivity index (χ4n) is 2.92. The topological polar surface area (TPSA) is 49.3 Å². The maximum Gasteiger partial charge on any atom is 0.252 e. The Balaban J connectivity index is 1.73. The summed E-state index contributed by atoms with van der Waals surface area (Å²) in [4.78, 5) is 12.8. The molecule has 1 amide bonds. The Labute approximate surface area is 160 Å². The van der Waals surface area contributed by atoms with Gasteiger partial charge in [-0.05, 0) is 29.2 Å². The lowest BCUT2D eigenvalue weighted by atomic mass is 10.0. The maximum absolute atomic E-state index is 12.8. The van der Waals surface area contributed by atoms with Gasteiger partial charge in [0.15, 0.2) is 0 Å². The van der Waals surface area contributed by atoms with E-state index in [0.717, 1.165) is 16.7 Å². The van der Waals surface area contributed by atoms with Crippen LogP contribution in [0.5, 0.6) is 0 Å². The molecule has 0 bridgehead atoms. The van der Waals surface area contributed by atoms with Gasteiger partial charge in [-0.2, -0.15) is 0 Å². The van der Waals surface area contributed by atoms with E-state index in [1.54, 1.807) is 6.07 Å². The molecule has 0 aromatic heterocycles. The Morgan fingerprint density at radius 1 is 0.852 bits per heavy atom. The third-order valence-corrected chi connectivity index (χ3v) is 4.34. The van der Waals surface area contributed by atoms with Crippen LogP contribution in [0, 0.1) is 0 Å². The Morgan fingerprint density at radius 3 is 2.19 bits per heavy atom. The van der Waals surface area contributed by atoms with Gasteiger partial charge < -0.3 is 10.4 Å². The molecule has 0 saturated carbocycles. The van der Waals surface area contributed by atoms with Crippen LogP contribution in [0.4, 0.5) is 0 Å². The number of aliphatic hydroxyl groups excluding tert-OH is 1. The molecule has 1 atom stereocenters. The van der Waals surface area contributed by atoms with Crippen LogP contribution < -0.4 is 5.32 Å². The fourth-order valence-corrected chi connectivity index (χ4v) is 2.92. The van der Waals surface area contributed by atoms with Crippen molar-refractivity contribution in [3.05, 3.63) is 107 Å². The minimum Gasteiger partial charge on any atom is -0.394 e. The highest BCUT2D eigenvalue weighted by Gasteiger charge is 2.15. The SMILES string of the molecule is O=C(NC(CO)Cc1ccccc1)c1ccccc1C=Cc1ccccc1. The van der Waals surface area contributed by atoms with Crippen LogP contribution in [-0.4, -0.2) is 23.7 Å². The number of amides is 1. The molecule has 2 N–H and O–H groups in total. The number of carbonyl (C=O) groups is 1. The Bertz CT molecular complexity index is 889. The lowest BCUT2D eigenvalue weighted by molar-refractivity contribution is 0.0916. The quantitative estimate of drug-likeness (QED) is 0.623. The van der Waals surface area contributed by atoms with Crippen molar-refractivity contribution < 1.29 is 9.90 Å². The molecular formula is C24H23NO2. The second-order valence-corrected chi connectivity index (χ2v) is 6.37. The molecule has 0 aliphatic carbocycles. The van der Waals surface area contributed by atoms with E-state index in [4.69, 9.17) is 0 Å². The van der Waals surface area contributed by atoms with Crippen molar-refractivity contribution in [1.29, 1.82) is 0 Å². The van der Waals surface area contributed by atoms with Gasteiger partial charge in [0.2, 0.25) is 0 Å². The van der Waals surface area contributed by atoms with Crippen molar-refractivity contribution in [2.24, 2.45) is 0 Å². The number of aliphatic hydroxyl groups is 1. The van der Waals surface area contributed by atoms with Gasteiger partial charge in [0.05, 0.1) is 12.6 Å². The number of carbonyl (C=O) groups excluding carboxylic acids is 1. The summed E-state index contributed by atoms with van der Waals surface area (Å²) < 4.78 is 0. The summed E-state index contributed by atoms with van der Waals surface area (Å²) >= 11 is 0. The van der Waals surface area contributed by atoms with E-state index in [0.29, 0.717) is 12.0 Å². The minimum absolute atomic E-state index is 0.108. The first-order chi connectivity index (χ1) is 13.3. The molecule has 0 saturated heterocycles. The van der Waals surface area contributed by atoms with Crippen LogP contribution in [0.25, 0.3) is 12.2 Å². The molecule has 136 valence electrons. The number of benzene rings is 3. The Kier molecular flexibility index (Phi) is 6.55. The van der Waals surface area contributed by atoms with Crippen LogP contribution >= 0.6 is 0 Å². The highest BCUT2D eigenvalue weighted by molar-refractivity contribution is 5.98. The molecule has 0 aliphatic rings. The minimum atomic E-state index is -0.328. The maximum atomic E-state index is 12.8. The predicted molar refractivity (Wildman–Crippen MR) is 110 cm³/mol. The van der Waals surface area contributed by atoms with Gasteiger partial charge in [0, 0.05) is 5.56 Å². The molecule has 3 nitrogen and oxygen atoms in total. The molecular weight excluding hydrogens is 334 g/mol. The average Bonchev–Trinajstić information content (AvgIpc) is 2.73. The zero-order chi connectivity index (χ0) is 18.9. The molecule has 1 unspecified atom stereocenters. The van der Waals surface area contributed by atoms with Crippen LogP contribution in [0.1, 0.15) is 27.0 Å². The van der Waals surface area contributed by atoms with Crippen molar-refractivity contribution in [2.75, 3.05) is 6.61 Å². The zero-order valence-corrected chi connectivity index (χ0v) is 15.1. The predicted octanol–water partition coefficient (Wildman–Crippen LogP) is 4.19. The van der Waals surface area contributed by atoms with Crippen molar-refractivity contribution in [3.8, 4) is 0 Å². The summed E-state index contributed by atoms with van der Waals surface area (Å²) in [5, 5.41) is 12.6. The molecule has 0 radical (unpaired) electrons. The zero-order valence-electron chi connectivity index (χ0n) is 15.1. The van der Waals surface area contributed by atoms with Gasteiger partial charge in [0.25, 0.3) is 5.91 Å². The summed E-state index contributed by atoms with van der Waals surface area (Å²) in [6, 6.07) is 27.0. The van der Waals surface area contributed by atoms with Crippen LogP contribution in [0.15, 0.2) is 84.9 Å². The summed E-state index contributed by atoms with van der Waals surface area (Å²) in [6.45, 7) is -0.108. The third kappa shape index (κ3) is 5.40. The largest absolute Gasteiger partial charge is 0.394 e. The van der Waals surface area contributed by atoms with E-state index in [1.165, 1.54) is 0 Å². The molecule has 27 heavy (non-hydrogen) atoms. The first-order valence-electron chi connectivity index (χ1n) is 9.04. The Morgan fingerprint density at radius 2 is 1.48 bits per heavy atom. The lowest BCUT2D eigenvalue weighted by Gasteiger charge is -2.17. The van der Waals surface area contributed by atoms with E-state index in [9.17, 15) is 9.90 Å². The lowest BCUT2D eigenvalue weighted by Crippen LogP contribution is -2.39. The monoisotopic (exact) mass is 357 g/mol. The first kappa shape index (κ1) is 18.6. The molecule has 0 spiro atoms. The highest BCUT2D eigenvalue weighted by atomic mass is 16.3. The second-order valence-electron chi connectivity index (χ2n) is 6.37. The number of hydrogen-bond acceptors (Lipinski definition) is 2. The first-order valence-corrected chi connectivity index (χ1v) is 9.04. The van der Waals surface area contributed by atoms with E-state index in [1.807, 2.05) is 91.0 Å². The summed E-state index contributed by atoms with van der Waals surface area (Å²) in [5.74, 6) is -0.182. The molecule has 3 rings (SSSR count). The van der Waals surface area contributed by atoms with E-state index < -0.39 is 0 Å². The number of rotatable bonds is 7. The molecule has 0 heterocycles. The van der Waals surface area contributed by atoms with E-state index in [2.05, 4.69) is 5.32 Å². The van der Waals surface area contributed by atoms with Gasteiger partial charge in [-0.25, -0.2) is 0 Å². The van der Waals surface area contributed by atoms with Crippen molar-refractivity contribution >= 4 is 18.1 Å². The van der Waals surface area contributed by atoms with Crippen molar-refractivity contribution in [3.63, 3.8) is 0 Å². The summed E-state index contributed by atoms with van der Waals surface area (Å²) in [6.07, 6.45) is 4.51. The van der Waals surface area contributed by atoms with Gasteiger partial charge in [-0.3, -0.25) is 4.79 Å². The average molecular weight is 357 g/mol. The van der Waals surface area contributed by atoms with Gasteiger partial charge >= 0.3 is 0 Å². The fraction of sp³-hybridized carbons (Fsp3) is 0.125. The van der Waals surface area contributed by atoms with Crippen LogP contribution in [0.3, 0.4) is 0 Å². The molecule has 0 fully saturated rings. The standard InChI is InChI=1S/C24H23NO2/c26-18-22(17-20-11-5-2-6-12-20)25-24(27)23-14-8-7-13-21(23)16-15-19-9-3-1-4-10-19/h1-16,22,26H,17-18H2,(H,25,27). The van der Waals surface area contributed by atoms with Gasteiger partial charge in [-0.15, -0.1) is 0 Å². The third-order valence-electron chi connectivity index (χ3n) is 4.34. The smallest absolute Gasteiger partial charge is 0.252 e.